The normalized spacial score (nSPS) is 14.4. The molecular weight excluding hydrogens is 340 g/mol. The largest absolute Gasteiger partial charge is 0.390 e. The number of H-pyrrole nitrogens is 1. The highest BCUT2D eigenvalue weighted by atomic mass is 16.3. The number of rotatable bonds is 5. The first kappa shape index (κ1) is 18.9. The molecule has 2 aromatic rings. The molecule has 0 radical (unpaired) electrons. The predicted octanol–water partition coefficient (Wildman–Crippen LogP) is 4.48. The van der Waals surface area contributed by atoms with Gasteiger partial charge in [-0.3, -0.25) is 9.78 Å². The molecule has 1 aromatic carbocycles. The molecule has 0 aliphatic heterocycles. The van der Waals surface area contributed by atoms with Crippen LogP contribution in [0.25, 0.3) is 10.4 Å². The molecule has 3 N–H and O–H groups in total. The summed E-state index contributed by atoms with van der Waals surface area (Å²) in [5.74, 6) is -0.0289. The highest BCUT2D eigenvalue weighted by Crippen LogP contribution is 2.33. The number of hydrogen-bond donors (Lipinski definition) is 3. The van der Waals surface area contributed by atoms with E-state index in [0.29, 0.717) is 12.1 Å². The summed E-state index contributed by atoms with van der Waals surface area (Å²) in [5, 5.41) is 13.1. The molecule has 0 fully saturated rings. The molecule has 1 amide bonds. The molecule has 27 heavy (non-hydrogen) atoms. The van der Waals surface area contributed by atoms with E-state index in [9.17, 15) is 9.90 Å². The van der Waals surface area contributed by atoms with Crippen LogP contribution in [0.3, 0.4) is 0 Å². The van der Waals surface area contributed by atoms with E-state index in [-0.39, 0.29) is 17.5 Å². The van der Waals surface area contributed by atoms with Gasteiger partial charge in [0.1, 0.15) is 0 Å². The fraction of sp³-hybridized carbons (Fsp3) is 0.381. The minimum atomic E-state index is -0.798. The third-order valence-electron chi connectivity index (χ3n) is 4.50. The quantitative estimate of drug-likeness (QED) is 0.684. The Kier molecular flexibility index (Phi) is 5.43. The topological polar surface area (TPSA) is 82.4 Å². The Bertz CT molecular complexity index is 913. The molecule has 140 valence electrons. The maximum Gasteiger partial charge on any atom is 0.314 e. The van der Waals surface area contributed by atoms with Crippen molar-refractivity contribution in [2.24, 2.45) is 0 Å². The molecule has 6 heteroatoms. The van der Waals surface area contributed by atoms with Gasteiger partial charge < -0.3 is 15.3 Å². The van der Waals surface area contributed by atoms with Crippen LogP contribution >= 0.6 is 0 Å². The Balaban J connectivity index is 1.92. The smallest absolute Gasteiger partial charge is 0.314 e. The number of allylic oxidation sites excluding steroid dienone is 2. The molecular formula is C21H24N4O2. The molecule has 0 unspecified atom stereocenters. The number of anilines is 1. The first-order valence-electron chi connectivity index (χ1n) is 9.14. The van der Waals surface area contributed by atoms with Crippen molar-refractivity contribution in [3.8, 4) is 0 Å². The van der Waals surface area contributed by atoms with Gasteiger partial charge in [0.15, 0.2) is 0 Å². The Morgan fingerprint density at radius 2 is 2.22 bits per heavy atom. The number of aromatic amines is 1. The number of carbonyl (C=O) groups is 1. The summed E-state index contributed by atoms with van der Waals surface area (Å²) in [6.45, 7) is 10.5. The first-order valence-corrected chi connectivity index (χ1v) is 9.14. The lowest BCUT2D eigenvalue weighted by molar-refractivity contribution is 0.0809. The minimum Gasteiger partial charge on any atom is -0.390 e. The van der Waals surface area contributed by atoms with Crippen molar-refractivity contribution in [3.05, 3.63) is 58.8 Å². The predicted molar refractivity (Wildman–Crippen MR) is 106 cm³/mol. The number of amides is 1. The summed E-state index contributed by atoms with van der Waals surface area (Å²) in [5.41, 5.74) is 3.15. The van der Waals surface area contributed by atoms with E-state index < -0.39 is 5.60 Å². The van der Waals surface area contributed by atoms with Crippen LogP contribution in [0.2, 0.25) is 0 Å². The van der Waals surface area contributed by atoms with Crippen molar-refractivity contribution in [3.63, 3.8) is 0 Å². The maximum atomic E-state index is 12.5. The number of nitrogens with one attached hydrogen (secondary N) is 2. The van der Waals surface area contributed by atoms with Gasteiger partial charge in [0.25, 0.3) is 5.82 Å². The van der Waals surface area contributed by atoms with Crippen LogP contribution in [0.15, 0.2) is 30.5 Å². The van der Waals surface area contributed by atoms with Crippen LogP contribution in [-0.4, -0.2) is 26.6 Å². The van der Waals surface area contributed by atoms with E-state index >= 15 is 0 Å². The molecule has 0 spiro atoms. The van der Waals surface area contributed by atoms with Crippen LogP contribution in [0.5, 0.6) is 0 Å². The Morgan fingerprint density at radius 1 is 1.41 bits per heavy atom. The Morgan fingerprint density at radius 3 is 2.85 bits per heavy atom. The maximum absolute atomic E-state index is 12.5. The van der Waals surface area contributed by atoms with Crippen molar-refractivity contribution in [1.29, 1.82) is 0 Å². The van der Waals surface area contributed by atoms with Crippen molar-refractivity contribution >= 4 is 23.0 Å². The van der Waals surface area contributed by atoms with E-state index in [4.69, 9.17) is 6.57 Å². The highest BCUT2D eigenvalue weighted by Gasteiger charge is 2.19. The second-order valence-electron chi connectivity index (χ2n) is 7.53. The Labute approximate surface area is 159 Å². The highest BCUT2D eigenvalue weighted by molar-refractivity contribution is 6.03. The first-order chi connectivity index (χ1) is 12.9. The summed E-state index contributed by atoms with van der Waals surface area (Å²) in [6, 6.07) is 5.85. The molecule has 1 aliphatic rings. The lowest BCUT2D eigenvalue weighted by atomic mass is 9.89. The molecule has 6 nitrogen and oxygen atoms in total. The lowest BCUT2D eigenvalue weighted by Crippen LogP contribution is -2.22. The average molecular weight is 364 g/mol. The number of imidazole rings is 1. The van der Waals surface area contributed by atoms with Crippen molar-refractivity contribution in [2.45, 2.75) is 51.6 Å². The van der Waals surface area contributed by atoms with Crippen LogP contribution in [0.1, 0.15) is 61.3 Å². The summed E-state index contributed by atoms with van der Waals surface area (Å²) in [7, 11) is 0. The van der Waals surface area contributed by atoms with E-state index in [1.54, 1.807) is 13.8 Å². The number of aliphatic hydroxyl groups is 1. The zero-order chi connectivity index (χ0) is 19.4. The van der Waals surface area contributed by atoms with E-state index in [1.165, 1.54) is 18.2 Å². The standard InChI is InChI=1S/C21H24N4O2/c1-21(2,27)12-14-9-10-17(16(11-14)15-7-5-4-6-8-15)24-20(26)19-23-13-18(22-3)25-19/h7,9-11,13,27H,4-6,8,12H2,1-2H3,(H,23,25)(H,24,26). The fourth-order valence-corrected chi connectivity index (χ4v) is 3.32. The van der Waals surface area contributed by atoms with Crippen LogP contribution in [0.4, 0.5) is 11.5 Å². The number of hydrogen-bond acceptors (Lipinski definition) is 3. The van der Waals surface area contributed by atoms with Gasteiger partial charge in [-0.25, -0.2) is 4.98 Å². The van der Waals surface area contributed by atoms with Gasteiger partial charge in [-0.05, 0) is 62.8 Å². The molecule has 1 aromatic heterocycles. The van der Waals surface area contributed by atoms with Crippen molar-refractivity contribution in [1.82, 2.24) is 9.97 Å². The van der Waals surface area contributed by atoms with Gasteiger partial charge in [0.05, 0.1) is 11.8 Å². The number of nitrogens with zero attached hydrogens (tertiary/aromatic N) is 2. The number of carbonyl (C=O) groups excluding carboxylic acids is 1. The zero-order valence-corrected chi connectivity index (χ0v) is 15.7. The van der Waals surface area contributed by atoms with Crippen molar-refractivity contribution < 1.29 is 9.90 Å². The van der Waals surface area contributed by atoms with Gasteiger partial charge in [-0.15, -0.1) is 0 Å². The molecule has 0 saturated heterocycles. The zero-order valence-electron chi connectivity index (χ0n) is 15.7. The second-order valence-corrected chi connectivity index (χ2v) is 7.53. The number of benzene rings is 1. The average Bonchev–Trinajstić information content (AvgIpc) is 3.12. The summed E-state index contributed by atoms with van der Waals surface area (Å²) >= 11 is 0. The van der Waals surface area contributed by atoms with Crippen LogP contribution in [0, 0.1) is 6.57 Å². The summed E-state index contributed by atoms with van der Waals surface area (Å²) < 4.78 is 0. The molecule has 1 aliphatic carbocycles. The molecule has 0 bridgehead atoms. The second kappa shape index (κ2) is 7.77. The van der Waals surface area contributed by atoms with E-state index in [1.807, 2.05) is 12.1 Å². The number of aromatic nitrogens is 2. The van der Waals surface area contributed by atoms with Gasteiger partial charge in [-0.1, -0.05) is 18.7 Å². The summed E-state index contributed by atoms with van der Waals surface area (Å²) in [4.78, 5) is 22.4. The molecule has 1 heterocycles. The molecule has 0 atom stereocenters. The van der Waals surface area contributed by atoms with Gasteiger partial charge in [-0.2, -0.15) is 0 Å². The third-order valence-corrected chi connectivity index (χ3v) is 4.50. The Hall–Kier alpha value is -2.91. The van der Waals surface area contributed by atoms with E-state index in [2.05, 4.69) is 32.3 Å². The SMILES string of the molecule is [C-]#[N+]c1cnc(C(=O)Nc2ccc(CC(C)(C)O)cc2C2=CCCCC2)[nH]1. The fourth-order valence-electron chi connectivity index (χ4n) is 3.32. The van der Waals surface area contributed by atoms with Gasteiger partial charge in [0.2, 0.25) is 5.82 Å². The van der Waals surface area contributed by atoms with Gasteiger partial charge in [0, 0.05) is 17.7 Å². The van der Waals surface area contributed by atoms with E-state index in [0.717, 1.165) is 30.4 Å². The van der Waals surface area contributed by atoms with Crippen molar-refractivity contribution in [2.75, 3.05) is 5.32 Å². The van der Waals surface area contributed by atoms with Crippen LogP contribution < -0.4 is 5.32 Å². The lowest BCUT2D eigenvalue weighted by Gasteiger charge is -2.21. The monoisotopic (exact) mass is 364 g/mol. The minimum absolute atomic E-state index is 0.116. The van der Waals surface area contributed by atoms with Crippen LogP contribution in [-0.2, 0) is 6.42 Å². The summed E-state index contributed by atoms with van der Waals surface area (Å²) in [6.07, 6.45) is 8.42. The molecule has 0 saturated carbocycles. The van der Waals surface area contributed by atoms with Gasteiger partial charge >= 0.3 is 5.91 Å². The molecule has 3 rings (SSSR count). The third kappa shape index (κ3) is 4.83.